The van der Waals surface area contributed by atoms with Gasteiger partial charge in [0.1, 0.15) is 12.2 Å². The van der Waals surface area contributed by atoms with E-state index in [9.17, 15) is 14.4 Å². The van der Waals surface area contributed by atoms with Crippen LogP contribution in [0.25, 0.3) is 0 Å². The lowest BCUT2D eigenvalue weighted by Gasteiger charge is -2.36. The van der Waals surface area contributed by atoms with E-state index >= 15 is 0 Å². The molecule has 2 atom stereocenters. The number of rotatable bonds is 3. The van der Waals surface area contributed by atoms with E-state index in [1.807, 2.05) is 0 Å². The molecule has 3 aliphatic heterocycles. The Labute approximate surface area is 146 Å². The highest BCUT2D eigenvalue weighted by atomic mass is 16.5. The number of carbonyl (C=O) groups is 3. The molecule has 2 unspecified atom stereocenters. The van der Waals surface area contributed by atoms with Gasteiger partial charge in [-0.2, -0.15) is 0 Å². The summed E-state index contributed by atoms with van der Waals surface area (Å²) in [7, 11) is 1.26. The first-order chi connectivity index (χ1) is 12.1. The van der Waals surface area contributed by atoms with Crippen LogP contribution in [0.1, 0.15) is 23.3 Å². The van der Waals surface area contributed by atoms with Gasteiger partial charge in [0, 0.05) is 31.9 Å². The van der Waals surface area contributed by atoms with Crippen molar-refractivity contribution in [2.24, 2.45) is 5.92 Å². The van der Waals surface area contributed by atoms with Crippen LogP contribution in [-0.2, 0) is 9.53 Å². The van der Waals surface area contributed by atoms with Gasteiger partial charge in [-0.15, -0.1) is 0 Å². The minimum atomic E-state index is -0.625. The van der Waals surface area contributed by atoms with Crippen LogP contribution in [0.4, 0.5) is 4.79 Å². The number of piperidine rings is 1. The standard InChI is InChI=1S/C17H22N4O4/c1-25-17(24)19-8-15(22)21-10-12-5-6-13(21)11-20(9-12)16(23)14-4-2-3-7-18-14/h2-4,7,12-13H,5-6,8-11H2,1H3,(H,19,24). The van der Waals surface area contributed by atoms with Gasteiger partial charge in [0.15, 0.2) is 0 Å². The molecule has 3 fully saturated rings. The van der Waals surface area contributed by atoms with Crippen LogP contribution < -0.4 is 5.32 Å². The molecule has 4 heterocycles. The van der Waals surface area contributed by atoms with Crippen LogP contribution in [0, 0.1) is 5.92 Å². The summed E-state index contributed by atoms with van der Waals surface area (Å²) < 4.78 is 4.49. The Morgan fingerprint density at radius 1 is 1.24 bits per heavy atom. The van der Waals surface area contributed by atoms with E-state index in [0.29, 0.717) is 25.3 Å². The van der Waals surface area contributed by atoms with Crippen molar-refractivity contribution in [1.29, 1.82) is 0 Å². The van der Waals surface area contributed by atoms with Crippen LogP contribution in [0.5, 0.6) is 0 Å². The minimum Gasteiger partial charge on any atom is -0.453 e. The quantitative estimate of drug-likeness (QED) is 0.860. The van der Waals surface area contributed by atoms with Crippen molar-refractivity contribution in [3.63, 3.8) is 0 Å². The average Bonchev–Trinajstić information content (AvgIpc) is 2.97. The van der Waals surface area contributed by atoms with Crippen molar-refractivity contribution in [1.82, 2.24) is 20.1 Å². The van der Waals surface area contributed by atoms with Crippen molar-refractivity contribution in [2.75, 3.05) is 33.3 Å². The van der Waals surface area contributed by atoms with E-state index in [-0.39, 0.29) is 30.3 Å². The van der Waals surface area contributed by atoms with Gasteiger partial charge < -0.3 is 19.9 Å². The molecular weight excluding hydrogens is 324 g/mol. The number of alkyl carbamates (subject to hydrolysis) is 1. The molecular formula is C17H22N4O4. The first-order valence-corrected chi connectivity index (χ1v) is 8.40. The number of nitrogens with zero attached hydrogens (tertiary/aromatic N) is 3. The Hall–Kier alpha value is -2.64. The molecule has 1 N–H and O–H groups in total. The number of methoxy groups -OCH3 is 1. The molecule has 0 spiro atoms. The highest BCUT2D eigenvalue weighted by Crippen LogP contribution is 2.28. The van der Waals surface area contributed by atoms with Gasteiger partial charge in [-0.3, -0.25) is 14.6 Å². The van der Waals surface area contributed by atoms with Gasteiger partial charge in [-0.05, 0) is 30.9 Å². The third-order valence-corrected chi connectivity index (χ3v) is 4.77. The van der Waals surface area contributed by atoms with Gasteiger partial charge >= 0.3 is 6.09 Å². The number of aromatic nitrogens is 1. The smallest absolute Gasteiger partial charge is 0.407 e. The summed E-state index contributed by atoms with van der Waals surface area (Å²) in [6.45, 7) is 1.64. The van der Waals surface area contributed by atoms with Gasteiger partial charge in [0.2, 0.25) is 5.91 Å². The Balaban J connectivity index is 1.67. The molecule has 8 heteroatoms. The summed E-state index contributed by atoms with van der Waals surface area (Å²) in [5.41, 5.74) is 0.425. The largest absolute Gasteiger partial charge is 0.453 e. The fourth-order valence-electron chi connectivity index (χ4n) is 3.53. The topological polar surface area (TPSA) is 91.8 Å². The fourth-order valence-corrected chi connectivity index (χ4v) is 3.53. The fraction of sp³-hybridized carbons (Fsp3) is 0.529. The average molecular weight is 346 g/mol. The molecule has 3 aliphatic rings. The van der Waals surface area contributed by atoms with Gasteiger partial charge in [0.25, 0.3) is 5.91 Å². The summed E-state index contributed by atoms with van der Waals surface area (Å²) in [6, 6.07) is 5.25. The summed E-state index contributed by atoms with van der Waals surface area (Å²) in [5, 5.41) is 2.43. The molecule has 0 saturated carbocycles. The van der Waals surface area contributed by atoms with Crippen molar-refractivity contribution in [3.05, 3.63) is 30.1 Å². The highest BCUT2D eigenvalue weighted by molar-refractivity contribution is 5.92. The second-order valence-corrected chi connectivity index (χ2v) is 6.41. The molecule has 134 valence electrons. The second kappa shape index (κ2) is 7.50. The second-order valence-electron chi connectivity index (χ2n) is 6.41. The molecule has 1 aromatic heterocycles. The van der Waals surface area contributed by atoms with E-state index in [4.69, 9.17) is 0 Å². The number of amides is 3. The number of pyridine rings is 1. The van der Waals surface area contributed by atoms with Crippen molar-refractivity contribution < 1.29 is 19.1 Å². The molecule has 3 amide bonds. The molecule has 3 saturated heterocycles. The van der Waals surface area contributed by atoms with Crippen molar-refractivity contribution in [2.45, 2.75) is 18.9 Å². The number of carbonyl (C=O) groups excluding carboxylic acids is 3. The van der Waals surface area contributed by atoms with E-state index < -0.39 is 6.09 Å². The monoisotopic (exact) mass is 346 g/mol. The molecule has 0 aliphatic carbocycles. The molecule has 1 aromatic rings. The summed E-state index contributed by atoms with van der Waals surface area (Å²) in [4.78, 5) is 44.0. The maximum absolute atomic E-state index is 12.7. The van der Waals surface area contributed by atoms with Crippen LogP contribution in [-0.4, -0.2) is 72.0 Å². The zero-order chi connectivity index (χ0) is 17.8. The van der Waals surface area contributed by atoms with Gasteiger partial charge in [0.05, 0.1) is 7.11 Å². The minimum absolute atomic E-state index is 0.0293. The number of nitrogens with one attached hydrogen (secondary N) is 1. The molecule has 8 nitrogen and oxygen atoms in total. The van der Waals surface area contributed by atoms with Crippen LogP contribution in [0.15, 0.2) is 24.4 Å². The lowest BCUT2D eigenvalue weighted by atomic mass is 9.95. The first-order valence-electron chi connectivity index (χ1n) is 8.40. The molecule has 0 aromatic carbocycles. The zero-order valence-electron chi connectivity index (χ0n) is 14.2. The predicted octanol–water partition coefficient (Wildman–Crippen LogP) is 0.501. The Kier molecular flexibility index (Phi) is 5.16. The summed E-state index contributed by atoms with van der Waals surface area (Å²) in [5.74, 6) is 0.000193. The Bertz CT molecular complexity index is 651. The summed E-state index contributed by atoms with van der Waals surface area (Å²) in [6.07, 6.45) is 2.83. The first kappa shape index (κ1) is 17.2. The maximum atomic E-state index is 12.7. The van der Waals surface area contributed by atoms with Crippen LogP contribution in [0.3, 0.4) is 0 Å². The number of fused-ring (bicyclic) bond motifs is 4. The predicted molar refractivity (Wildman–Crippen MR) is 88.8 cm³/mol. The maximum Gasteiger partial charge on any atom is 0.407 e. The van der Waals surface area contributed by atoms with Crippen LogP contribution >= 0.6 is 0 Å². The number of hydrogen-bond donors (Lipinski definition) is 1. The zero-order valence-corrected chi connectivity index (χ0v) is 14.2. The third-order valence-electron chi connectivity index (χ3n) is 4.77. The van der Waals surface area contributed by atoms with E-state index in [2.05, 4.69) is 15.0 Å². The van der Waals surface area contributed by atoms with E-state index in [1.54, 1.807) is 34.2 Å². The molecule has 25 heavy (non-hydrogen) atoms. The lowest BCUT2D eigenvalue weighted by molar-refractivity contribution is -0.134. The van der Waals surface area contributed by atoms with Gasteiger partial charge in [-0.25, -0.2) is 4.79 Å². The Morgan fingerprint density at radius 3 is 2.80 bits per heavy atom. The normalized spacial score (nSPS) is 22.3. The van der Waals surface area contributed by atoms with Crippen LogP contribution in [0.2, 0.25) is 0 Å². The molecule has 0 radical (unpaired) electrons. The number of ether oxygens (including phenoxy) is 1. The lowest BCUT2D eigenvalue weighted by Crippen LogP contribution is -2.51. The molecule has 2 bridgehead atoms. The Morgan fingerprint density at radius 2 is 2.08 bits per heavy atom. The summed E-state index contributed by atoms with van der Waals surface area (Å²) >= 11 is 0. The van der Waals surface area contributed by atoms with Crippen molar-refractivity contribution >= 4 is 17.9 Å². The third kappa shape index (κ3) is 3.89. The molecule has 4 rings (SSSR count). The van der Waals surface area contributed by atoms with Crippen molar-refractivity contribution in [3.8, 4) is 0 Å². The van der Waals surface area contributed by atoms with E-state index in [1.165, 1.54) is 7.11 Å². The SMILES string of the molecule is COC(=O)NCC(=O)N1CC2CCC1CN(C(=O)c1ccccn1)C2. The highest BCUT2D eigenvalue weighted by Gasteiger charge is 2.38. The van der Waals surface area contributed by atoms with E-state index in [0.717, 1.165) is 12.8 Å². The number of hydrogen-bond acceptors (Lipinski definition) is 5. The van der Waals surface area contributed by atoms with Gasteiger partial charge in [-0.1, -0.05) is 6.07 Å².